The molecule has 1 aromatic rings. The van der Waals surface area contributed by atoms with Gasteiger partial charge in [0.2, 0.25) is 0 Å². The van der Waals surface area contributed by atoms with Crippen LogP contribution in [-0.4, -0.2) is 31.8 Å². The number of carbonyl (C=O) groups excluding carboxylic acids is 2. The SMILES string of the molecule is CCOC(=O)C(CCCOc1cccc(Cl)c1)C(=O)OCC. The predicted octanol–water partition coefficient (Wildman–Crippen LogP) is 3.24. The Labute approximate surface area is 135 Å². The molecule has 0 radical (unpaired) electrons. The van der Waals surface area contributed by atoms with E-state index in [4.69, 9.17) is 25.8 Å². The van der Waals surface area contributed by atoms with Crippen molar-refractivity contribution >= 4 is 23.5 Å². The predicted molar refractivity (Wildman–Crippen MR) is 82.9 cm³/mol. The minimum atomic E-state index is -0.900. The molecule has 0 atom stereocenters. The fourth-order valence-corrected chi connectivity index (χ4v) is 2.03. The number of hydrogen-bond acceptors (Lipinski definition) is 5. The summed E-state index contributed by atoms with van der Waals surface area (Å²) in [6.45, 7) is 4.22. The number of esters is 2. The molecule has 0 aliphatic heterocycles. The van der Waals surface area contributed by atoms with E-state index in [0.29, 0.717) is 30.2 Å². The van der Waals surface area contributed by atoms with Crippen LogP contribution in [0, 0.1) is 5.92 Å². The fraction of sp³-hybridized carbons (Fsp3) is 0.500. The second-order valence-corrected chi connectivity index (χ2v) is 4.94. The molecule has 5 nitrogen and oxygen atoms in total. The van der Waals surface area contributed by atoms with Crippen LogP contribution in [0.3, 0.4) is 0 Å². The quantitative estimate of drug-likeness (QED) is 0.395. The molecule has 0 unspecified atom stereocenters. The number of benzene rings is 1. The molecule has 0 bridgehead atoms. The van der Waals surface area contributed by atoms with Crippen LogP contribution in [0.4, 0.5) is 0 Å². The Morgan fingerprint density at radius 3 is 2.32 bits per heavy atom. The van der Waals surface area contributed by atoms with Gasteiger partial charge in [0.25, 0.3) is 0 Å². The van der Waals surface area contributed by atoms with E-state index in [1.54, 1.807) is 38.1 Å². The third kappa shape index (κ3) is 6.35. The molecular weight excluding hydrogens is 308 g/mol. The van der Waals surface area contributed by atoms with Crippen molar-refractivity contribution in [2.75, 3.05) is 19.8 Å². The third-order valence-corrected chi connectivity index (χ3v) is 3.08. The normalized spacial score (nSPS) is 10.4. The average molecular weight is 329 g/mol. The van der Waals surface area contributed by atoms with Crippen LogP contribution in [0.1, 0.15) is 26.7 Å². The van der Waals surface area contributed by atoms with E-state index in [-0.39, 0.29) is 13.2 Å². The molecule has 6 heteroatoms. The van der Waals surface area contributed by atoms with Gasteiger partial charge in [0.05, 0.1) is 19.8 Å². The molecule has 0 N–H and O–H groups in total. The van der Waals surface area contributed by atoms with Gasteiger partial charge in [-0.3, -0.25) is 9.59 Å². The zero-order valence-corrected chi connectivity index (χ0v) is 13.6. The van der Waals surface area contributed by atoms with Crippen molar-refractivity contribution in [2.24, 2.45) is 5.92 Å². The van der Waals surface area contributed by atoms with Gasteiger partial charge in [-0.15, -0.1) is 0 Å². The Morgan fingerprint density at radius 2 is 1.77 bits per heavy atom. The summed E-state index contributed by atoms with van der Waals surface area (Å²) in [5.74, 6) is -1.36. The van der Waals surface area contributed by atoms with Crippen molar-refractivity contribution in [1.29, 1.82) is 0 Å². The van der Waals surface area contributed by atoms with Gasteiger partial charge in [-0.25, -0.2) is 0 Å². The zero-order valence-electron chi connectivity index (χ0n) is 12.8. The Morgan fingerprint density at radius 1 is 1.14 bits per heavy atom. The molecule has 122 valence electrons. The maximum absolute atomic E-state index is 11.8. The van der Waals surface area contributed by atoms with Gasteiger partial charge in [0.1, 0.15) is 5.75 Å². The van der Waals surface area contributed by atoms with Gasteiger partial charge in [-0.2, -0.15) is 0 Å². The standard InChI is InChI=1S/C16H21ClO5/c1-3-20-15(18)14(16(19)21-4-2)9-6-10-22-13-8-5-7-12(17)11-13/h5,7-8,11,14H,3-4,6,9-10H2,1-2H3. The number of halogens is 1. The van der Waals surface area contributed by atoms with Gasteiger partial charge in [0, 0.05) is 5.02 Å². The summed E-state index contributed by atoms with van der Waals surface area (Å²) in [6, 6.07) is 7.04. The van der Waals surface area contributed by atoms with Crippen LogP contribution in [0.5, 0.6) is 5.75 Å². The van der Waals surface area contributed by atoms with Crippen LogP contribution < -0.4 is 4.74 Å². The molecular formula is C16H21ClO5. The maximum Gasteiger partial charge on any atom is 0.320 e. The smallest absolute Gasteiger partial charge is 0.320 e. The highest BCUT2D eigenvalue weighted by Gasteiger charge is 2.28. The Bertz CT molecular complexity index is 471. The third-order valence-electron chi connectivity index (χ3n) is 2.84. The Kier molecular flexibility index (Phi) is 8.36. The van der Waals surface area contributed by atoms with E-state index in [0.717, 1.165) is 0 Å². The highest BCUT2D eigenvalue weighted by Crippen LogP contribution is 2.18. The first-order valence-electron chi connectivity index (χ1n) is 7.30. The van der Waals surface area contributed by atoms with Crippen LogP contribution in [0.2, 0.25) is 5.02 Å². The first-order chi connectivity index (χ1) is 10.6. The van der Waals surface area contributed by atoms with Crippen molar-refractivity contribution in [3.05, 3.63) is 29.3 Å². The van der Waals surface area contributed by atoms with Crippen LogP contribution in [0.15, 0.2) is 24.3 Å². The van der Waals surface area contributed by atoms with E-state index in [1.807, 2.05) is 0 Å². The second kappa shape index (κ2) is 10.1. The van der Waals surface area contributed by atoms with Gasteiger partial charge >= 0.3 is 11.9 Å². The fourth-order valence-electron chi connectivity index (χ4n) is 1.85. The lowest BCUT2D eigenvalue weighted by Gasteiger charge is -2.14. The number of carbonyl (C=O) groups is 2. The van der Waals surface area contributed by atoms with Crippen LogP contribution >= 0.6 is 11.6 Å². The molecule has 1 aromatic carbocycles. The van der Waals surface area contributed by atoms with Crippen molar-refractivity contribution in [1.82, 2.24) is 0 Å². The minimum absolute atomic E-state index is 0.230. The monoisotopic (exact) mass is 328 g/mol. The maximum atomic E-state index is 11.8. The van der Waals surface area contributed by atoms with Gasteiger partial charge in [-0.05, 0) is 44.9 Å². The molecule has 0 saturated carbocycles. The van der Waals surface area contributed by atoms with E-state index >= 15 is 0 Å². The topological polar surface area (TPSA) is 61.8 Å². The molecule has 0 saturated heterocycles. The van der Waals surface area contributed by atoms with Crippen LogP contribution in [0.25, 0.3) is 0 Å². The molecule has 0 amide bonds. The summed E-state index contributed by atoms with van der Waals surface area (Å²) in [6.07, 6.45) is 0.840. The molecule has 0 heterocycles. The summed E-state index contributed by atoms with van der Waals surface area (Å²) in [4.78, 5) is 23.6. The summed E-state index contributed by atoms with van der Waals surface area (Å²) in [5.41, 5.74) is 0. The largest absolute Gasteiger partial charge is 0.494 e. The van der Waals surface area contributed by atoms with Gasteiger partial charge in [0.15, 0.2) is 5.92 Å². The zero-order chi connectivity index (χ0) is 16.4. The summed E-state index contributed by atoms with van der Waals surface area (Å²) >= 11 is 5.86. The Balaban J connectivity index is 2.45. The van der Waals surface area contributed by atoms with Crippen LogP contribution in [-0.2, 0) is 19.1 Å². The molecule has 0 aromatic heterocycles. The molecule has 0 spiro atoms. The lowest BCUT2D eigenvalue weighted by molar-refractivity contribution is -0.162. The van der Waals surface area contributed by atoms with Crippen molar-refractivity contribution in [3.63, 3.8) is 0 Å². The molecule has 0 aliphatic rings. The van der Waals surface area contributed by atoms with E-state index in [2.05, 4.69) is 0 Å². The summed E-state index contributed by atoms with van der Waals surface area (Å²) in [5, 5.41) is 0.591. The molecule has 1 rings (SSSR count). The minimum Gasteiger partial charge on any atom is -0.494 e. The lowest BCUT2D eigenvalue weighted by Crippen LogP contribution is -2.28. The lowest BCUT2D eigenvalue weighted by atomic mass is 10.0. The Hall–Kier alpha value is -1.75. The number of ether oxygens (including phenoxy) is 3. The van der Waals surface area contributed by atoms with E-state index in [1.165, 1.54) is 0 Å². The summed E-state index contributed by atoms with van der Waals surface area (Å²) < 4.78 is 15.3. The van der Waals surface area contributed by atoms with E-state index in [9.17, 15) is 9.59 Å². The first-order valence-corrected chi connectivity index (χ1v) is 7.67. The molecule has 0 fully saturated rings. The van der Waals surface area contributed by atoms with Crippen molar-refractivity contribution in [2.45, 2.75) is 26.7 Å². The van der Waals surface area contributed by atoms with Gasteiger partial charge in [-0.1, -0.05) is 17.7 Å². The second-order valence-electron chi connectivity index (χ2n) is 4.50. The molecule has 0 aliphatic carbocycles. The van der Waals surface area contributed by atoms with Crippen molar-refractivity contribution in [3.8, 4) is 5.75 Å². The summed E-state index contributed by atoms with van der Waals surface area (Å²) in [7, 11) is 0. The van der Waals surface area contributed by atoms with E-state index < -0.39 is 17.9 Å². The molecule has 22 heavy (non-hydrogen) atoms. The van der Waals surface area contributed by atoms with Crippen molar-refractivity contribution < 1.29 is 23.8 Å². The number of rotatable bonds is 9. The van der Waals surface area contributed by atoms with Gasteiger partial charge < -0.3 is 14.2 Å². The highest BCUT2D eigenvalue weighted by atomic mass is 35.5. The average Bonchev–Trinajstić information content (AvgIpc) is 2.47. The number of hydrogen-bond donors (Lipinski definition) is 0. The highest BCUT2D eigenvalue weighted by molar-refractivity contribution is 6.30. The first kappa shape index (κ1) is 18.3.